The van der Waals surface area contributed by atoms with E-state index in [1.165, 1.54) is 5.69 Å². The molecule has 1 fully saturated rings. The molecule has 0 bridgehead atoms. The van der Waals surface area contributed by atoms with Gasteiger partial charge in [0.15, 0.2) is 5.78 Å². The Hall–Kier alpha value is -2.67. The molecule has 2 aromatic rings. The van der Waals surface area contributed by atoms with Crippen LogP contribution in [0, 0.1) is 5.41 Å². The monoisotopic (exact) mass is 379 g/mol. The second kappa shape index (κ2) is 6.44. The fourth-order valence-corrected chi connectivity index (χ4v) is 4.55. The van der Waals surface area contributed by atoms with Gasteiger partial charge in [-0.05, 0) is 29.5 Å². The summed E-state index contributed by atoms with van der Waals surface area (Å²) < 4.78 is 7.28. The highest BCUT2D eigenvalue weighted by Gasteiger charge is 2.41. The minimum Gasteiger partial charge on any atom is -0.378 e. The number of ketones is 1. The largest absolute Gasteiger partial charge is 0.378 e. The van der Waals surface area contributed by atoms with Gasteiger partial charge in [0.2, 0.25) is 5.95 Å². The van der Waals surface area contributed by atoms with Crippen molar-refractivity contribution in [3.63, 3.8) is 0 Å². The molecule has 3 heterocycles. The molecule has 1 atom stereocenters. The van der Waals surface area contributed by atoms with Gasteiger partial charge in [0.05, 0.1) is 13.2 Å². The summed E-state index contributed by atoms with van der Waals surface area (Å²) in [5.74, 6) is 0.897. The van der Waals surface area contributed by atoms with E-state index in [2.05, 4.69) is 58.4 Å². The molecule has 7 heteroatoms. The second-order valence-electron chi connectivity index (χ2n) is 8.58. The van der Waals surface area contributed by atoms with Crippen molar-refractivity contribution in [2.75, 3.05) is 36.5 Å². The minimum atomic E-state index is -0.226. The molecule has 1 aromatic heterocycles. The third-order valence-corrected chi connectivity index (χ3v) is 5.86. The number of benzene rings is 1. The summed E-state index contributed by atoms with van der Waals surface area (Å²) in [7, 11) is 0. The Bertz CT molecular complexity index is 938. The molecule has 1 aliphatic carbocycles. The van der Waals surface area contributed by atoms with E-state index in [0.717, 1.165) is 49.6 Å². The van der Waals surface area contributed by atoms with Crippen LogP contribution < -0.4 is 10.2 Å². The Morgan fingerprint density at radius 2 is 1.89 bits per heavy atom. The van der Waals surface area contributed by atoms with Crippen LogP contribution in [0.25, 0.3) is 0 Å². The lowest BCUT2D eigenvalue weighted by molar-refractivity contribution is -0.118. The average molecular weight is 379 g/mol. The van der Waals surface area contributed by atoms with Crippen molar-refractivity contribution >= 4 is 17.4 Å². The lowest BCUT2D eigenvalue weighted by atomic mass is 9.73. The smallest absolute Gasteiger partial charge is 0.226 e. The maximum absolute atomic E-state index is 13.1. The fraction of sp³-hybridized carbons (Fsp3) is 0.476. The van der Waals surface area contributed by atoms with Gasteiger partial charge in [0.25, 0.3) is 0 Å². The summed E-state index contributed by atoms with van der Waals surface area (Å²) in [5, 5.41) is 7.77. The minimum absolute atomic E-state index is 0.0458. The molecule has 0 radical (unpaired) electrons. The normalized spacial score (nSPS) is 23.9. The Morgan fingerprint density at radius 3 is 2.64 bits per heavy atom. The van der Waals surface area contributed by atoms with Gasteiger partial charge in [-0.3, -0.25) is 4.79 Å². The first kappa shape index (κ1) is 17.4. The van der Waals surface area contributed by atoms with E-state index in [0.29, 0.717) is 12.4 Å². The maximum Gasteiger partial charge on any atom is 0.226 e. The molecule has 0 saturated carbocycles. The molecule has 1 unspecified atom stereocenters. The highest BCUT2D eigenvalue weighted by atomic mass is 16.5. The number of hydrogen-bond acceptors (Lipinski definition) is 6. The van der Waals surface area contributed by atoms with E-state index >= 15 is 0 Å². The quantitative estimate of drug-likeness (QED) is 0.865. The van der Waals surface area contributed by atoms with Crippen LogP contribution in [0.1, 0.15) is 38.3 Å². The maximum atomic E-state index is 13.1. The average Bonchev–Trinajstić information content (AvgIpc) is 3.14. The number of ether oxygens (including phenoxy) is 1. The van der Waals surface area contributed by atoms with E-state index < -0.39 is 0 Å². The molecule has 1 N–H and O–H groups in total. The van der Waals surface area contributed by atoms with Crippen molar-refractivity contribution in [3.8, 4) is 0 Å². The topological polar surface area (TPSA) is 72.3 Å². The Morgan fingerprint density at radius 1 is 1.14 bits per heavy atom. The number of morpholine rings is 1. The zero-order chi connectivity index (χ0) is 19.3. The first-order valence-corrected chi connectivity index (χ1v) is 9.87. The van der Waals surface area contributed by atoms with Gasteiger partial charge in [-0.25, -0.2) is 4.68 Å². The number of allylic oxidation sites excluding steroid dienone is 2. The van der Waals surface area contributed by atoms with Crippen LogP contribution in [0.3, 0.4) is 0 Å². The zero-order valence-corrected chi connectivity index (χ0v) is 16.3. The van der Waals surface area contributed by atoms with Gasteiger partial charge < -0.3 is 15.0 Å². The van der Waals surface area contributed by atoms with E-state index in [4.69, 9.17) is 4.74 Å². The summed E-state index contributed by atoms with van der Waals surface area (Å²) in [5.41, 5.74) is 4.02. The number of carbonyl (C=O) groups is 1. The third-order valence-electron chi connectivity index (χ3n) is 5.86. The Labute approximate surface area is 164 Å². The predicted octanol–water partition coefficient (Wildman–Crippen LogP) is 2.77. The first-order valence-electron chi connectivity index (χ1n) is 9.87. The van der Waals surface area contributed by atoms with Crippen molar-refractivity contribution in [2.45, 2.75) is 32.7 Å². The predicted molar refractivity (Wildman–Crippen MR) is 106 cm³/mol. The summed E-state index contributed by atoms with van der Waals surface area (Å²) >= 11 is 0. The van der Waals surface area contributed by atoms with Crippen LogP contribution in [-0.4, -0.2) is 46.9 Å². The van der Waals surface area contributed by atoms with Crippen molar-refractivity contribution in [2.24, 2.45) is 5.41 Å². The first-order chi connectivity index (χ1) is 13.5. The molecule has 0 amide bonds. The lowest BCUT2D eigenvalue weighted by Gasteiger charge is -2.38. The summed E-state index contributed by atoms with van der Waals surface area (Å²) in [6.45, 7) is 7.62. The number of hydrogen-bond donors (Lipinski definition) is 1. The number of anilines is 2. The van der Waals surface area contributed by atoms with Crippen LogP contribution in [0.4, 0.5) is 11.6 Å². The Balaban J connectivity index is 1.54. The molecule has 146 valence electrons. The molecule has 1 saturated heterocycles. The summed E-state index contributed by atoms with van der Waals surface area (Å²) in [6.07, 6.45) is 2.94. The number of carbonyl (C=O) groups excluding carboxylic acids is 1. The number of nitrogens with one attached hydrogen (secondary N) is 1. The molecule has 0 spiro atoms. The SMILES string of the molecule is CC1(C)CC(=O)C2=C(C1)Nc1ncnn1C2c1ccc(N2CCOCC2)cc1. The number of aromatic nitrogens is 3. The van der Waals surface area contributed by atoms with E-state index in [9.17, 15) is 4.79 Å². The van der Waals surface area contributed by atoms with Crippen LogP contribution >= 0.6 is 0 Å². The molecule has 28 heavy (non-hydrogen) atoms. The molecule has 5 rings (SSSR count). The molecule has 7 nitrogen and oxygen atoms in total. The second-order valence-corrected chi connectivity index (χ2v) is 8.58. The molecule has 1 aromatic carbocycles. The Kier molecular flexibility index (Phi) is 4.01. The van der Waals surface area contributed by atoms with Gasteiger partial charge in [-0.1, -0.05) is 26.0 Å². The molecule has 3 aliphatic rings. The number of rotatable bonds is 2. The standard InChI is InChI=1S/C21H25N5O2/c1-21(2)11-16-18(17(27)12-21)19(26-20(24-16)22-13-23-26)14-3-5-15(6-4-14)25-7-9-28-10-8-25/h3-6,13,19H,7-12H2,1-2H3,(H,22,23,24). The highest BCUT2D eigenvalue weighted by Crippen LogP contribution is 2.45. The van der Waals surface area contributed by atoms with Gasteiger partial charge in [0.1, 0.15) is 12.4 Å². The fourth-order valence-electron chi connectivity index (χ4n) is 4.55. The van der Waals surface area contributed by atoms with Gasteiger partial charge in [0, 0.05) is 36.5 Å². The zero-order valence-electron chi connectivity index (χ0n) is 16.3. The third kappa shape index (κ3) is 2.90. The van der Waals surface area contributed by atoms with Gasteiger partial charge >= 0.3 is 0 Å². The molecular weight excluding hydrogens is 354 g/mol. The van der Waals surface area contributed by atoms with Crippen LogP contribution in [0.15, 0.2) is 41.9 Å². The van der Waals surface area contributed by atoms with E-state index in [-0.39, 0.29) is 17.2 Å². The summed E-state index contributed by atoms with van der Waals surface area (Å²) in [6, 6.07) is 8.28. The molecular formula is C21H25N5O2. The highest BCUT2D eigenvalue weighted by molar-refractivity contribution is 6.00. The van der Waals surface area contributed by atoms with E-state index in [1.807, 2.05) is 4.68 Å². The van der Waals surface area contributed by atoms with Crippen LogP contribution in [-0.2, 0) is 9.53 Å². The van der Waals surface area contributed by atoms with Gasteiger partial charge in [-0.15, -0.1) is 0 Å². The van der Waals surface area contributed by atoms with Crippen molar-refractivity contribution in [3.05, 3.63) is 47.4 Å². The van der Waals surface area contributed by atoms with Crippen molar-refractivity contribution in [1.82, 2.24) is 14.8 Å². The summed E-state index contributed by atoms with van der Waals surface area (Å²) in [4.78, 5) is 19.8. The van der Waals surface area contributed by atoms with Gasteiger partial charge in [-0.2, -0.15) is 10.1 Å². The number of nitrogens with zero attached hydrogens (tertiary/aromatic N) is 4. The van der Waals surface area contributed by atoms with Crippen molar-refractivity contribution in [1.29, 1.82) is 0 Å². The van der Waals surface area contributed by atoms with Crippen LogP contribution in [0.5, 0.6) is 0 Å². The number of Topliss-reactive ketones (excluding diaryl/α,β-unsaturated/α-hetero) is 1. The number of fused-ring (bicyclic) bond motifs is 1. The van der Waals surface area contributed by atoms with Crippen molar-refractivity contribution < 1.29 is 9.53 Å². The molecule has 2 aliphatic heterocycles. The van der Waals surface area contributed by atoms with E-state index in [1.54, 1.807) is 6.33 Å². The lowest BCUT2D eigenvalue weighted by Crippen LogP contribution is -2.37. The van der Waals surface area contributed by atoms with Crippen LogP contribution in [0.2, 0.25) is 0 Å².